The van der Waals surface area contributed by atoms with E-state index in [0.29, 0.717) is 28.6 Å². The van der Waals surface area contributed by atoms with Gasteiger partial charge in [0, 0.05) is 16.1 Å². The third-order valence-electron chi connectivity index (χ3n) is 2.76. The van der Waals surface area contributed by atoms with Gasteiger partial charge in [0.25, 0.3) is 0 Å². The van der Waals surface area contributed by atoms with Gasteiger partial charge in [-0.3, -0.25) is 0 Å². The maximum absolute atomic E-state index is 9.33. The molecule has 19 heavy (non-hydrogen) atoms. The Hall–Kier alpha value is -1.72. The van der Waals surface area contributed by atoms with Crippen LogP contribution in [-0.4, -0.2) is 11.9 Å². The Balaban J connectivity index is 1.89. The van der Waals surface area contributed by atoms with Crippen molar-refractivity contribution in [3.05, 3.63) is 46.4 Å². The molecule has 0 atom stereocenters. The number of rotatable bonds is 3. The summed E-state index contributed by atoms with van der Waals surface area (Å²) in [5, 5.41) is 9.33. The van der Waals surface area contributed by atoms with E-state index in [9.17, 15) is 5.11 Å². The Bertz CT molecular complexity index is 612. The highest BCUT2D eigenvalue weighted by atomic mass is 79.9. The van der Waals surface area contributed by atoms with Crippen LogP contribution < -0.4 is 14.2 Å². The molecule has 4 nitrogen and oxygen atoms in total. The van der Waals surface area contributed by atoms with E-state index in [-0.39, 0.29) is 13.4 Å². The van der Waals surface area contributed by atoms with Crippen LogP contribution in [-0.2, 0) is 6.61 Å². The fraction of sp³-hybridized carbons (Fsp3) is 0.143. The average molecular weight is 323 g/mol. The molecule has 0 bridgehead atoms. The Labute approximate surface area is 118 Å². The van der Waals surface area contributed by atoms with Crippen molar-refractivity contribution in [2.24, 2.45) is 0 Å². The van der Waals surface area contributed by atoms with Crippen LogP contribution in [0.25, 0.3) is 0 Å². The largest absolute Gasteiger partial charge is 0.457 e. The lowest BCUT2D eigenvalue weighted by atomic mass is 10.2. The van der Waals surface area contributed by atoms with E-state index in [2.05, 4.69) is 15.9 Å². The molecule has 1 aliphatic heterocycles. The van der Waals surface area contributed by atoms with Crippen molar-refractivity contribution >= 4 is 15.9 Å². The van der Waals surface area contributed by atoms with Crippen LogP contribution in [0.3, 0.4) is 0 Å². The van der Waals surface area contributed by atoms with Crippen molar-refractivity contribution in [1.29, 1.82) is 0 Å². The summed E-state index contributed by atoms with van der Waals surface area (Å²) >= 11 is 3.36. The molecule has 0 aromatic heterocycles. The first-order chi connectivity index (χ1) is 9.26. The normalized spacial score (nSPS) is 12.5. The van der Waals surface area contributed by atoms with Gasteiger partial charge in [0.2, 0.25) is 6.79 Å². The average Bonchev–Trinajstić information content (AvgIpc) is 2.88. The van der Waals surface area contributed by atoms with Gasteiger partial charge in [-0.15, -0.1) is 0 Å². The third-order valence-corrected chi connectivity index (χ3v) is 3.26. The minimum atomic E-state index is -0.0840. The van der Waals surface area contributed by atoms with Crippen molar-refractivity contribution in [3.8, 4) is 23.0 Å². The maximum atomic E-state index is 9.33. The van der Waals surface area contributed by atoms with Gasteiger partial charge in [-0.1, -0.05) is 15.9 Å². The zero-order chi connectivity index (χ0) is 13.2. The predicted octanol–water partition coefficient (Wildman–Crippen LogP) is 3.46. The second kappa shape index (κ2) is 5.11. The first-order valence-corrected chi connectivity index (χ1v) is 6.52. The Morgan fingerprint density at radius 1 is 1.11 bits per heavy atom. The fourth-order valence-electron chi connectivity index (χ4n) is 1.84. The van der Waals surface area contributed by atoms with Crippen molar-refractivity contribution in [1.82, 2.24) is 0 Å². The zero-order valence-electron chi connectivity index (χ0n) is 9.93. The van der Waals surface area contributed by atoms with Crippen molar-refractivity contribution in [3.63, 3.8) is 0 Å². The molecule has 1 aliphatic rings. The molecule has 0 radical (unpaired) electrons. The van der Waals surface area contributed by atoms with Crippen LogP contribution in [0.5, 0.6) is 23.0 Å². The number of ether oxygens (including phenoxy) is 3. The molecule has 3 rings (SSSR count). The molecular weight excluding hydrogens is 312 g/mol. The first-order valence-electron chi connectivity index (χ1n) is 5.73. The third kappa shape index (κ3) is 2.52. The standard InChI is InChI=1S/C14H11BrO4/c15-10-1-3-12(9(5-10)7-16)19-11-2-4-13-14(6-11)18-8-17-13/h1-6,16H,7-8H2. The summed E-state index contributed by atoms with van der Waals surface area (Å²) in [7, 11) is 0. The summed E-state index contributed by atoms with van der Waals surface area (Å²) in [6.45, 7) is 0.151. The van der Waals surface area contributed by atoms with Crippen LogP contribution >= 0.6 is 15.9 Å². The topological polar surface area (TPSA) is 47.9 Å². The van der Waals surface area contributed by atoms with Crippen LogP contribution in [0.1, 0.15) is 5.56 Å². The van der Waals surface area contributed by atoms with E-state index >= 15 is 0 Å². The summed E-state index contributed by atoms with van der Waals surface area (Å²) < 4.78 is 17.2. The maximum Gasteiger partial charge on any atom is 0.231 e. The van der Waals surface area contributed by atoms with Gasteiger partial charge in [0.05, 0.1) is 6.61 Å². The second-order valence-electron chi connectivity index (χ2n) is 4.03. The molecule has 0 fully saturated rings. The Kier molecular flexibility index (Phi) is 3.31. The van der Waals surface area contributed by atoms with E-state index in [1.54, 1.807) is 24.3 Å². The highest BCUT2D eigenvalue weighted by Crippen LogP contribution is 2.37. The van der Waals surface area contributed by atoms with Crippen LogP contribution in [0.15, 0.2) is 40.9 Å². The minimum Gasteiger partial charge on any atom is -0.457 e. The van der Waals surface area contributed by atoms with Gasteiger partial charge in [-0.05, 0) is 30.3 Å². The number of hydrogen-bond donors (Lipinski definition) is 1. The van der Waals surface area contributed by atoms with Gasteiger partial charge >= 0.3 is 0 Å². The van der Waals surface area contributed by atoms with E-state index in [1.807, 2.05) is 12.1 Å². The summed E-state index contributed by atoms with van der Waals surface area (Å²) in [4.78, 5) is 0. The number of aliphatic hydroxyl groups excluding tert-OH is 1. The minimum absolute atomic E-state index is 0.0840. The zero-order valence-corrected chi connectivity index (χ0v) is 11.5. The number of halogens is 1. The number of fused-ring (bicyclic) bond motifs is 1. The van der Waals surface area contributed by atoms with Gasteiger partial charge in [-0.25, -0.2) is 0 Å². The SMILES string of the molecule is OCc1cc(Br)ccc1Oc1ccc2c(c1)OCO2. The molecule has 0 spiro atoms. The van der Waals surface area contributed by atoms with Crippen LogP contribution in [0.4, 0.5) is 0 Å². The van der Waals surface area contributed by atoms with E-state index < -0.39 is 0 Å². The molecule has 0 saturated carbocycles. The van der Waals surface area contributed by atoms with Crippen LogP contribution in [0, 0.1) is 0 Å². The van der Waals surface area contributed by atoms with Gasteiger partial charge in [0.1, 0.15) is 11.5 Å². The number of aliphatic hydroxyl groups is 1. The summed E-state index contributed by atoms with van der Waals surface area (Å²) in [5.41, 5.74) is 0.715. The molecule has 5 heteroatoms. The first kappa shape index (κ1) is 12.3. The smallest absolute Gasteiger partial charge is 0.231 e. The Morgan fingerprint density at radius 3 is 2.79 bits per heavy atom. The molecule has 0 unspecified atom stereocenters. The Morgan fingerprint density at radius 2 is 1.95 bits per heavy atom. The second-order valence-corrected chi connectivity index (χ2v) is 4.94. The monoisotopic (exact) mass is 322 g/mol. The van der Waals surface area contributed by atoms with E-state index in [0.717, 1.165) is 4.47 Å². The van der Waals surface area contributed by atoms with Gasteiger partial charge in [0.15, 0.2) is 11.5 Å². The summed E-state index contributed by atoms with van der Waals surface area (Å²) in [5.74, 6) is 2.64. The van der Waals surface area contributed by atoms with E-state index in [1.165, 1.54) is 0 Å². The molecule has 1 heterocycles. The van der Waals surface area contributed by atoms with Gasteiger partial charge < -0.3 is 19.3 Å². The van der Waals surface area contributed by atoms with E-state index in [4.69, 9.17) is 14.2 Å². The summed E-state index contributed by atoms with van der Waals surface area (Å²) in [6, 6.07) is 10.9. The molecule has 98 valence electrons. The van der Waals surface area contributed by atoms with Crippen molar-refractivity contribution in [2.45, 2.75) is 6.61 Å². The molecule has 0 amide bonds. The fourth-order valence-corrected chi connectivity index (χ4v) is 2.25. The number of hydrogen-bond acceptors (Lipinski definition) is 4. The quantitative estimate of drug-likeness (QED) is 0.940. The molecule has 1 N–H and O–H groups in total. The molecule has 2 aromatic carbocycles. The summed E-state index contributed by atoms with van der Waals surface area (Å²) in [6.07, 6.45) is 0. The van der Waals surface area contributed by atoms with Crippen molar-refractivity contribution in [2.75, 3.05) is 6.79 Å². The lowest BCUT2D eigenvalue weighted by Gasteiger charge is -2.10. The molecular formula is C14H11BrO4. The highest BCUT2D eigenvalue weighted by molar-refractivity contribution is 9.10. The predicted molar refractivity (Wildman–Crippen MR) is 72.7 cm³/mol. The highest BCUT2D eigenvalue weighted by Gasteiger charge is 2.14. The van der Waals surface area contributed by atoms with Crippen LogP contribution in [0.2, 0.25) is 0 Å². The molecule has 0 saturated heterocycles. The van der Waals surface area contributed by atoms with Gasteiger partial charge in [-0.2, -0.15) is 0 Å². The molecule has 2 aromatic rings. The number of benzene rings is 2. The van der Waals surface area contributed by atoms with Crippen molar-refractivity contribution < 1.29 is 19.3 Å². The lowest BCUT2D eigenvalue weighted by molar-refractivity contribution is 0.174. The molecule has 0 aliphatic carbocycles. The lowest BCUT2D eigenvalue weighted by Crippen LogP contribution is -1.93.